The third kappa shape index (κ3) is 3.57. The van der Waals surface area contributed by atoms with E-state index in [1.54, 1.807) is 0 Å². The number of benzene rings is 1. The van der Waals surface area contributed by atoms with Crippen LogP contribution in [0.15, 0.2) is 30.3 Å². The zero-order chi connectivity index (χ0) is 10.4. The van der Waals surface area contributed by atoms with Crippen molar-refractivity contribution in [2.75, 3.05) is 0 Å². The second-order valence-electron chi connectivity index (χ2n) is 3.43. The van der Waals surface area contributed by atoms with Crippen LogP contribution >= 0.6 is 8.03 Å². The summed E-state index contributed by atoms with van der Waals surface area (Å²) in [7, 11) is -2.04. The molecule has 0 fully saturated rings. The highest BCUT2D eigenvalue weighted by Gasteiger charge is 2.27. The molecule has 0 saturated carbocycles. The Hall–Kier alpha value is -0.720. The van der Waals surface area contributed by atoms with Gasteiger partial charge in [-0.3, -0.25) is 0 Å². The van der Waals surface area contributed by atoms with Gasteiger partial charge < -0.3 is 0 Å². The number of hydrogen-bond donors (Lipinski definition) is 1. The van der Waals surface area contributed by atoms with E-state index in [-0.39, 0.29) is 5.66 Å². The van der Waals surface area contributed by atoms with Crippen LogP contribution in [0.2, 0.25) is 0 Å². The minimum absolute atomic E-state index is 0.0857. The van der Waals surface area contributed by atoms with Crippen LogP contribution in [0.3, 0.4) is 0 Å². The molecular weight excluding hydrogens is 195 g/mol. The zero-order valence-corrected chi connectivity index (χ0v) is 9.28. The molecule has 0 heterocycles. The lowest BCUT2D eigenvalue weighted by Crippen LogP contribution is -2.06. The molecule has 0 aliphatic heterocycles. The number of rotatable bonds is 5. The van der Waals surface area contributed by atoms with Crippen LogP contribution < -0.4 is 0 Å². The van der Waals surface area contributed by atoms with Gasteiger partial charge in [0, 0.05) is 6.42 Å². The average molecular weight is 211 g/mol. The first-order chi connectivity index (χ1) is 6.74. The van der Waals surface area contributed by atoms with Gasteiger partial charge in [-0.05, 0) is 16.5 Å². The highest BCUT2D eigenvalue weighted by atomic mass is 31.1. The summed E-state index contributed by atoms with van der Waals surface area (Å²) in [5.41, 5.74) is 1.06. The van der Waals surface area contributed by atoms with Crippen LogP contribution in [0.1, 0.15) is 25.3 Å². The molecule has 1 N–H and O–H groups in total. The fourth-order valence-corrected chi connectivity index (χ4v) is 2.36. The van der Waals surface area contributed by atoms with Gasteiger partial charge in [-0.15, -0.1) is 0 Å². The minimum Gasteiger partial charge on any atom is -0.161 e. The lowest BCUT2D eigenvalue weighted by atomic mass is 10.1. The Kier molecular flexibility index (Phi) is 4.78. The molecule has 3 heteroatoms. The van der Waals surface area contributed by atoms with Crippen molar-refractivity contribution in [1.29, 1.82) is 0 Å². The minimum atomic E-state index is -2.04. The first kappa shape index (κ1) is 11.4. The molecule has 0 spiro atoms. The van der Waals surface area contributed by atoms with E-state index in [2.05, 4.69) is 0 Å². The lowest BCUT2D eigenvalue weighted by molar-refractivity contribution is 0.481. The molecule has 14 heavy (non-hydrogen) atoms. The highest BCUT2D eigenvalue weighted by molar-refractivity contribution is 7.38. The summed E-state index contributed by atoms with van der Waals surface area (Å²) in [5, 5.41) is 0. The molecule has 1 unspecified atom stereocenters. The molecule has 76 valence electrons. The quantitative estimate of drug-likeness (QED) is 0.759. The first-order valence-corrected chi connectivity index (χ1v) is 6.21. The Morgan fingerprint density at radius 1 is 1.36 bits per heavy atom. The number of hydrogen-bond acceptors (Lipinski definition) is 1. The standard InChI is InChI=1S/C11H15O2P/c1-2-6-11(14(12)13)9-10-7-4-3-5-8-10/h3-5,7-8,11H,2,6,9H2,1H3/p+1/t11-/m1/s1. The van der Waals surface area contributed by atoms with Crippen molar-refractivity contribution in [2.45, 2.75) is 31.8 Å². The molecule has 0 amide bonds. The molecule has 0 saturated heterocycles. The predicted octanol–water partition coefficient (Wildman–Crippen LogP) is 3.13. The molecule has 1 aromatic rings. The molecule has 0 radical (unpaired) electrons. The Morgan fingerprint density at radius 2 is 2.00 bits per heavy atom. The van der Waals surface area contributed by atoms with E-state index in [9.17, 15) is 4.57 Å². The Morgan fingerprint density at radius 3 is 2.50 bits per heavy atom. The van der Waals surface area contributed by atoms with Gasteiger partial charge in [0.05, 0.1) is 0 Å². The smallest absolute Gasteiger partial charge is 0.161 e. The molecule has 0 bridgehead atoms. The zero-order valence-electron chi connectivity index (χ0n) is 8.39. The van der Waals surface area contributed by atoms with Crippen LogP contribution in [-0.2, 0) is 11.0 Å². The van der Waals surface area contributed by atoms with Crippen LogP contribution in [0.4, 0.5) is 0 Å². The van der Waals surface area contributed by atoms with Crippen molar-refractivity contribution in [3.63, 3.8) is 0 Å². The molecule has 2 atom stereocenters. The lowest BCUT2D eigenvalue weighted by Gasteiger charge is -2.03. The third-order valence-corrected chi connectivity index (χ3v) is 3.31. The summed E-state index contributed by atoms with van der Waals surface area (Å²) < 4.78 is 11.0. The summed E-state index contributed by atoms with van der Waals surface area (Å²) in [6.07, 6.45) is 2.49. The van der Waals surface area contributed by atoms with E-state index in [0.29, 0.717) is 6.42 Å². The third-order valence-electron chi connectivity index (χ3n) is 2.25. The molecule has 2 nitrogen and oxygen atoms in total. The molecule has 1 aromatic carbocycles. The Labute approximate surface area is 85.8 Å². The molecule has 1 rings (SSSR count). The summed E-state index contributed by atoms with van der Waals surface area (Å²) in [4.78, 5) is 9.11. The molecular formula is C11H16O2P+. The summed E-state index contributed by atoms with van der Waals surface area (Å²) in [6.45, 7) is 2.04. The Balaban J connectivity index is 2.60. The van der Waals surface area contributed by atoms with E-state index in [1.807, 2.05) is 37.3 Å². The van der Waals surface area contributed by atoms with Gasteiger partial charge in [0.2, 0.25) is 0 Å². The van der Waals surface area contributed by atoms with E-state index in [4.69, 9.17) is 4.89 Å². The van der Waals surface area contributed by atoms with Crippen LogP contribution in [0, 0.1) is 0 Å². The van der Waals surface area contributed by atoms with Gasteiger partial charge in [-0.25, -0.2) is 0 Å². The fraction of sp³-hybridized carbons (Fsp3) is 0.455. The van der Waals surface area contributed by atoms with Crippen LogP contribution in [0.25, 0.3) is 0 Å². The van der Waals surface area contributed by atoms with Gasteiger partial charge in [0.1, 0.15) is 0 Å². The van der Waals surface area contributed by atoms with Crippen LogP contribution in [-0.4, -0.2) is 10.6 Å². The van der Waals surface area contributed by atoms with Crippen molar-refractivity contribution in [3.8, 4) is 0 Å². The van der Waals surface area contributed by atoms with E-state index in [1.165, 1.54) is 0 Å². The summed E-state index contributed by atoms with van der Waals surface area (Å²) in [5.74, 6) is 0. The van der Waals surface area contributed by atoms with Crippen molar-refractivity contribution >= 4 is 8.03 Å². The van der Waals surface area contributed by atoms with Gasteiger partial charge >= 0.3 is 8.03 Å². The normalized spacial score (nSPS) is 13.7. The maximum Gasteiger partial charge on any atom is 0.509 e. The van der Waals surface area contributed by atoms with Crippen molar-refractivity contribution in [2.24, 2.45) is 0 Å². The van der Waals surface area contributed by atoms with Crippen molar-refractivity contribution in [3.05, 3.63) is 35.9 Å². The second kappa shape index (κ2) is 5.90. The first-order valence-electron chi connectivity index (χ1n) is 4.93. The van der Waals surface area contributed by atoms with E-state index in [0.717, 1.165) is 18.4 Å². The monoisotopic (exact) mass is 211 g/mol. The highest BCUT2D eigenvalue weighted by Crippen LogP contribution is 2.29. The van der Waals surface area contributed by atoms with Crippen molar-refractivity contribution in [1.82, 2.24) is 0 Å². The molecule has 0 aliphatic rings. The van der Waals surface area contributed by atoms with E-state index < -0.39 is 8.03 Å². The molecule has 0 aliphatic carbocycles. The SMILES string of the molecule is CCC[C@H](Cc1ccccc1)[P+](=O)O. The van der Waals surface area contributed by atoms with Gasteiger partial charge in [-0.1, -0.05) is 43.7 Å². The van der Waals surface area contributed by atoms with Gasteiger partial charge in [0.25, 0.3) is 0 Å². The second-order valence-corrected chi connectivity index (χ2v) is 4.77. The van der Waals surface area contributed by atoms with E-state index >= 15 is 0 Å². The van der Waals surface area contributed by atoms with Crippen LogP contribution in [0.5, 0.6) is 0 Å². The largest absolute Gasteiger partial charge is 0.509 e. The fourth-order valence-electron chi connectivity index (χ4n) is 1.51. The van der Waals surface area contributed by atoms with Gasteiger partial charge in [-0.2, -0.15) is 4.89 Å². The average Bonchev–Trinajstić information content (AvgIpc) is 2.18. The maximum atomic E-state index is 11.0. The van der Waals surface area contributed by atoms with Gasteiger partial charge in [0.15, 0.2) is 5.66 Å². The summed E-state index contributed by atoms with van der Waals surface area (Å²) in [6, 6.07) is 9.88. The van der Waals surface area contributed by atoms with Crippen molar-refractivity contribution < 1.29 is 9.46 Å². The topological polar surface area (TPSA) is 37.3 Å². The Bertz CT molecular complexity index is 285. The maximum absolute atomic E-state index is 11.0. The predicted molar refractivity (Wildman–Crippen MR) is 58.7 cm³/mol. The molecule has 0 aromatic heterocycles. The summed E-state index contributed by atoms with van der Waals surface area (Å²) >= 11 is 0.